The molecule has 24 heavy (non-hydrogen) atoms. The van der Waals surface area contributed by atoms with Gasteiger partial charge in [0.2, 0.25) is 0 Å². The molecule has 0 saturated heterocycles. The number of carbonyl (C=O) groups excluding carboxylic acids is 1. The predicted octanol–water partition coefficient (Wildman–Crippen LogP) is 2.51. The van der Waals surface area contributed by atoms with E-state index in [0.29, 0.717) is 24.5 Å². The molecule has 0 radical (unpaired) electrons. The van der Waals surface area contributed by atoms with Crippen molar-refractivity contribution >= 4 is 11.7 Å². The number of nitrogens with one attached hydrogen (secondary N) is 2. The smallest absolute Gasteiger partial charge is 0.251 e. The maximum atomic E-state index is 12.9. The molecule has 2 rings (SSSR count). The van der Waals surface area contributed by atoms with Crippen LogP contribution in [0.3, 0.4) is 0 Å². The van der Waals surface area contributed by atoms with Crippen molar-refractivity contribution in [3.63, 3.8) is 0 Å². The van der Waals surface area contributed by atoms with E-state index in [1.165, 1.54) is 12.1 Å². The molecule has 1 amide bonds. The van der Waals surface area contributed by atoms with Crippen LogP contribution in [0.4, 0.5) is 10.2 Å². The van der Waals surface area contributed by atoms with Crippen molar-refractivity contribution in [1.82, 2.24) is 15.2 Å². The molecule has 0 aliphatic carbocycles. The van der Waals surface area contributed by atoms with Gasteiger partial charge in [0.1, 0.15) is 11.6 Å². The zero-order chi connectivity index (χ0) is 17.4. The molecule has 0 aliphatic rings. The molecule has 2 aromatic rings. The highest BCUT2D eigenvalue weighted by Crippen LogP contribution is 2.10. The number of anilines is 1. The molecule has 0 fully saturated rings. The minimum atomic E-state index is -0.259. The Morgan fingerprint density at radius 3 is 2.67 bits per heavy atom. The number of rotatable bonds is 8. The molecular formula is C18H23FN4O. The molecule has 128 valence electrons. The number of aromatic nitrogens is 1. The number of pyridine rings is 1. The minimum absolute atomic E-state index is 0.110. The van der Waals surface area contributed by atoms with Gasteiger partial charge >= 0.3 is 0 Å². The zero-order valence-electron chi connectivity index (χ0n) is 14.1. The first-order valence-corrected chi connectivity index (χ1v) is 7.92. The molecule has 1 heterocycles. The van der Waals surface area contributed by atoms with Gasteiger partial charge in [0.15, 0.2) is 0 Å². The number of hydrogen-bond donors (Lipinski definition) is 2. The van der Waals surface area contributed by atoms with E-state index in [1.807, 2.05) is 14.1 Å². The fourth-order valence-corrected chi connectivity index (χ4v) is 2.16. The van der Waals surface area contributed by atoms with Crippen molar-refractivity contribution in [2.24, 2.45) is 0 Å². The van der Waals surface area contributed by atoms with Crippen molar-refractivity contribution in [3.05, 3.63) is 59.5 Å². The Kier molecular flexibility index (Phi) is 6.69. The van der Waals surface area contributed by atoms with E-state index >= 15 is 0 Å². The number of halogens is 1. The van der Waals surface area contributed by atoms with Gasteiger partial charge in [-0.2, -0.15) is 0 Å². The molecule has 0 saturated carbocycles. The third-order valence-corrected chi connectivity index (χ3v) is 3.48. The average Bonchev–Trinajstić information content (AvgIpc) is 2.58. The fraction of sp³-hybridized carbons (Fsp3) is 0.333. The van der Waals surface area contributed by atoms with Gasteiger partial charge in [0, 0.05) is 24.8 Å². The Morgan fingerprint density at radius 2 is 1.96 bits per heavy atom. The van der Waals surface area contributed by atoms with Crippen LogP contribution in [0.2, 0.25) is 0 Å². The van der Waals surface area contributed by atoms with Crippen LogP contribution in [0.15, 0.2) is 42.6 Å². The van der Waals surface area contributed by atoms with Crippen LogP contribution in [0, 0.1) is 5.82 Å². The molecule has 6 heteroatoms. The summed E-state index contributed by atoms with van der Waals surface area (Å²) in [6, 6.07) is 9.66. The van der Waals surface area contributed by atoms with Crippen LogP contribution in [-0.4, -0.2) is 43.0 Å². The lowest BCUT2D eigenvalue weighted by Gasteiger charge is -2.10. The van der Waals surface area contributed by atoms with Gasteiger partial charge in [0.05, 0.1) is 0 Å². The van der Waals surface area contributed by atoms with Crippen LogP contribution >= 0.6 is 0 Å². The van der Waals surface area contributed by atoms with Gasteiger partial charge in [-0.15, -0.1) is 0 Å². The van der Waals surface area contributed by atoms with E-state index in [2.05, 4.69) is 20.5 Å². The van der Waals surface area contributed by atoms with Gasteiger partial charge in [0.25, 0.3) is 5.91 Å². The molecule has 1 aromatic carbocycles. The predicted molar refractivity (Wildman–Crippen MR) is 93.5 cm³/mol. The summed E-state index contributed by atoms with van der Waals surface area (Å²) in [5, 5.41) is 6.04. The van der Waals surface area contributed by atoms with Gasteiger partial charge in [-0.05, 0) is 56.9 Å². The molecule has 1 aromatic heterocycles. The molecule has 0 unspecified atom stereocenters. The van der Waals surface area contributed by atoms with E-state index in [1.54, 1.807) is 30.5 Å². The second-order valence-electron chi connectivity index (χ2n) is 5.82. The Morgan fingerprint density at radius 1 is 1.21 bits per heavy atom. The summed E-state index contributed by atoms with van der Waals surface area (Å²) in [4.78, 5) is 18.4. The maximum absolute atomic E-state index is 12.9. The third kappa shape index (κ3) is 5.96. The standard InChI is InChI=1S/C18H23FN4O/c1-23(2)11-3-9-21-18(24)15-8-10-20-17(12-15)22-13-14-4-6-16(19)7-5-14/h4-8,10,12H,3,9,11,13H2,1-2H3,(H,20,22)(H,21,24). The first-order valence-electron chi connectivity index (χ1n) is 7.92. The monoisotopic (exact) mass is 330 g/mol. The Bertz CT molecular complexity index is 658. The molecule has 5 nitrogen and oxygen atoms in total. The molecule has 0 spiro atoms. The first-order chi connectivity index (χ1) is 11.5. The summed E-state index contributed by atoms with van der Waals surface area (Å²) in [5.74, 6) is 0.242. The van der Waals surface area contributed by atoms with Crippen LogP contribution < -0.4 is 10.6 Å². The summed E-state index contributed by atoms with van der Waals surface area (Å²) in [7, 11) is 4.01. The lowest BCUT2D eigenvalue weighted by Crippen LogP contribution is -2.27. The maximum Gasteiger partial charge on any atom is 0.251 e. The van der Waals surface area contributed by atoms with Crippen molar-refractivity contribution in [2.75, 3.05) is 32.5 Å². The highest BCUT2D eigenvalue weighted by Gasteiger charge is 2.06. The SMILES string of the molecule is CN(C)CCCNC(=O)c1ccnc(NCc2ccc(F)cc2)c1. The zero-order valence-corrected chi connectivity index (χ0v) is 14.1. The van der Waals surface area contributed by atoms with Gasteiger partial charge in [-0.1, -0.05) is 12.1 Å². The topological polar surface area (TPSA) is 57.3 Å². The van der Waals surface area contributed by atoms with Crippen LogP contribution in [-0.2, 0) is 6.54 Å². The Labute approximate surface area is 141 Å². The van der Waals surface area contributed by atoms with Crippen LogP contribution in [0.5, 0.6) is 0 Å². The van der Waals surface area contributed by atoms with Crippen LogP contribution in [0.25, 0.3) is 0 Å². The normalized spacial score (nSPS) is 10.7. The first kappa shape index (κ1) is 17.9. The minimum Gasteiger partial charge on any atom is -0.366 e. The van der Waals surface area contributed by atoms with E-state index in [-0.39, 0.29) is 11.7 Å². The van der Waals surface area contributed by atoms with Crippen molar-refractivity contribution in [3.8, 4) is 0 Å². The third-order valence-electron chi connectivity index (χ3n) is 3.48. The summed E-state index contributed by atoms with van der Waals surface area (Å²) in [6.07, 6.45) is 2.50. The summed E-state index contributed by atoms with van der Waals surface area (Å²) in [6.45, 7) is 2.08. The van der Waals surface area contributed by atoms with Crippen molar-refractivity contribution in [2.45, 2.75) is 13.0 Å². The Hall–Kier alpha value is -2.47. The number of hydrogen-bond acceptors (Lipinski definition) is 4. The number of benzene rings is 1. The van der Waals surface area contributed by atoms with Crippen molar-refractivity contribution < 1.29 is 9.18 Å². The average molecular weight is 330 g/mol. The van der Waals surface area contributed by atoms with Gasteiger partial charge in [-0.3, -0.25) is 4.79 Å². The van der Waals surface area contributed by atoms with Gasteiger partial charge in [-0.25, -0.2) is 9.37 Å². The van der Waals surface area contributed by atoms with Crippen LogP contribution in [0.1, 0.15) is 22.3 Å². The molecule has 0 bridgehead atoms. The number of amides is 1. The van der Waals surface area contributed by atoms with E-state index in [0.717, 1.165) is 18.5 Å². The molecular weight excluding hydrogens is 307 g/mol. The van der Waals surface area contributed by atoms with E-state index < -0.39 is 0 Å². The highest BCUT2D eigenvalue weighted by atomic mass is 19.1. The van der Waals surface area contributed by atoms with Crippen molar-refractivity contribution in [1.29, 1.82) is 0 Å². The summed E-state index contributed by atoms with van der Waals surface area (Å²) in [5.41, 5.74) is 1.51. The summed E-state index contributed by atoms with van der Waals surface area (Å²) < 4.78 is 12.9. The second kappa shape index (κ2) is 8.98. The quantitative estimate of drug-likeness (QED) is 0.730. The largest absolute Gasteiger partial charge is 0.366 e. The lowest BCUT2D eigenvalue weighted by molar-refractivity contribution is 0.0952. The lowest BCUT2D eigenvalue weighted by atomic mass is 10.2. The van der Waals surface area contributed by atoms with E-state index in [4.69, 9.17) is 0 Å². The van der Waals surface area contributed by atoms with Gasteiger partial charge < -0.3 is 15.5 Å². The summed E-state index contributed by atoms with van der Waals surface area (Å²) >= 11 is 0. The molecule has 2 N–H and O–H groups in total. The number of nitrogens with zero attached hydrogens (tertiary/aromatic N) is 2. The fourth-order valence-electron chi connectivity index (χ4n) is 2.16. The second-order valence-corrected chi connectivity index (χ2v) is 5.82. The van der Waals surface area contributed by atoms with E-state index in [9.17, 15) is 9.18 Å². The Balaban J connectivity index is 1.86. The number of carbonyl (C=O) groups is 1. The molecule has 0 atom stereocenters. The molecule has 0 aliphatic heterocycles. The highest BCUT2D eigenvalue weighted by molar-refractivity contribution is 5.94.